The summed E-state index contributed by atoms with van der Waals surface area (Å²) in [4.78, 5) is 28.0. The number of anilines is 1. The van der Waals surface area contributed by atoms with E-state index in [1.807, 2.05) is 24.3 Å². The molecule has 2 aromatic rings. The molecule has 1 fully saturated rings. The maximum atomic E-state index is 13.4. The average molecular weight is 431 g/mol. The lowest BCUT2D eigenvalue weighted by Gasteiger charge is -2.22. The van der Waals surface area contributed by atoms with Crippen molar-refractivity contribution in [2.24, 2.45) is 0 Å². The smallest absolute Gasteiger partial charge is 0.395 e. The molecule has 9 heteroatoms. The molecule has 2 aliphatic heterocycles. The Labute approximate surface area is 178 Å². The van der Waals surface area contributed by atoms with Crippen LogP contribution in [-0.4, -0.2) is 54.1 Å². The van der Waals surface area contributed by atoms with Crippen LogP contribution in [0.4, 0.5) is 14.5 Å². The number of rotatable bonds is 4. The summed E-state index contributed by atoms with van der Waals surface area (Å²) in [6.45, 7) is 4.64. The Morgan fingerprint density at radius 2 is 1.81 bits per heavy atom. The van der Waals surface area contributed by atoms with Gasteiger partial charge in [0, 0.05) is 45.3 Å². The Hall–Kier alpha value is -3.20. The highest BCUT2D eigenvalue weighted by Crippen LogP contribution is 2.43. The van der Waals surface area contributed by atoms with Gasteiger partial charge in [0.25, 0.3) is 5.91 Å². The number of amides is 2. The van der Waals surface area contributed by atoms with E-state index in [4.69, 9.17) is 0 Å². The van der Waals surface area contributed by atoms with Gasteiger partial charge in [-0.2, -0.15) is 0 Å². The normalized spacial score (nSPS) is 17.8. The summed E-state index contributed by atoms with van der Waals surface area (Å²) < 4.78 is 35.9. The van der Waals surface area contributed by atoms with Gasteiger partial charge in [-0.3, -0.25) is 14.5 Å². The fourth-order valence-electron chi connectivity index (χ4n) is 3.79. The number of alkyl halides is 2. The van der Waals surface area contributed by atoms with Gasteiger partial charge in [0.15, 0.2) is 11.5 Å². The van der Waals surface area contributed by atoms with Crippen molar-refractivity contribution >= 4 is 17.5 Å². The van der Waals surface area contributed by atoms with Crippen LogP contribution in [0.2, 0.25) is 0 Å². The Kier molecular flexibility index (Phi) is 5.77. The first-order chi connectivity index (χ1) is 14.8. The van der Waals surface area contributed by atoms with Crippen LogP contribution in [0.5, 0.6) is 11.5 Å². The molecule has 1 saturated heterocycles. The first-order valence-corrected chi connectivity index (χ1v) is 10.1. The van der Waals surface area contributed by atoms with Crippen LogP contribution >= 0.6 is 0 Å². The van der Waals surface area contributed by atoms with Gasteiger partial charge in [0.1, 0.15) is 0 Å². The van der Waals surface area contributed by atoms with Gasteiger partial charge < -0.3 is 19.7 Å². The van der Waals surface area contributed by atoms with Crippen LogP contribution in [0.1, 0.15) is 29.3 Å². The minimum absolute atomic E-state index is 0.0803. The van der Waals surface area contributed by atoms with Gasteiger partial charge in [-0.25, -0.2) is 0 Å². The van der Waals surface area contributed by atoms with Crippen molar-refractivity contribution in [3.8, 4) is 11.5 Å². The van der Waals surface area contributed by atoms with E-state index in [1.54, 1.807) is 4.90 Å². The second-order valence-corrected chi connectivity index (χ2v) is 7.60. The summed E-state index contributed by atoms with van der Waals surface area (Å²) in [6.07, 6.45) is -3.00. The quantitative estimate of drug-likeness (QED) is 0.804. The van der Waals surface area contributed by atoms with Gasteiger partial charge >= 0.3 is 6.29 Å². The molecule has 2 heterocycles. The van der Waals surface area contributed by atoms with Crippen molar-refractivity contribution in [1.29, 1.82) is 0 Å². The zero-order chi connectivity index (χ0) is 22.0. The third-order valence-electron chi connectivity index (χ3n) is 5.22. The van der Waals surface area contributed by atoms with Crippen molar-refractivity contribution in [2.45, 2.75) is 26.2 Å². The van der Waals surface area contributed by atoms with E-state index >= 15 is 0 Å². The molecule has 0 unspecified atom stereocenters. The lowest BCUT2D eigenvalue weighted by atomic mass is 10.1. The number of benzene rings is 2. The van der Waals surface area contributed by atoms with Gasteiger partial charge in [-0.15, -0.1) is 8.78 Å². The molecule has 164 valence electrons. The van der Waals surface area contributed by atoms with Crippen molar-refractivity contribution in [3.63, 3.8) is 0 Å². The van der Waals surface area contributed by atoms with E-state index < -0.39 is 6.29 Å². The van der Waals surface area contributed by atoms with Crippen LogP contribution < -0.4 is 14.8 Å². The van der Waals surface area contributed by atoms with Crippen LogP contribution in [0.25, 0.3) is 0 Å². The van der Waals surface area contributed by atoms with E-state index in [0.717, 1.165) is 24.2 Å². The first kappa shape index (κ1) is 21.0. The molecule has 0 bridgehead atoms. The molecular weight excluding hydrogens is 408 g/mol. The minimum Gasteiger partial charge on any atom is -0.395 e. The highest BCUT2D eigenvalue weighted by Gasteiger charge is 2.45. The molecule has 0 spiro atoms. The van der Waals surface area contributed by atoms with Crippen molar-refractivity contribution < 1.29 is 27.8 Å². The van der Waals surface area contributed by atoms with E-state index in [-0.39, 0.29) is 28.9 Å². The number of hydrogen-bond acceptors (Lipinski definition) is 5. The van der Waals surface area contributed by atoms with E-state index in [9.17, 15) is 18.4 Å². The lowest BCUT2D eigenvalue weighted by molar-refractivity contribution is -0.286. The number of carbonyl (C=O) groups excluding carboxylic acids is 2. The summed E-state index contributed by atoms with van der Waals surface area (Å²) in [6, 6.07) is 12.0. The van der Waals surface area contributed by atoms with Crippen LogP contribution in [0.3, 0.4) is 0 Å². The van der Waals surface area contributed by atoms with Crippen molar-refractivity contribution in [1.82, 2.24) is 9.80 Å². The third-order valence-corrected chi connectivity index (χ3v) is 5.22. The molecule has 31 heavy (non-hydrogen) atoms. The summed E-state index contributed by atoms with van der Waals surface area (Å²) >= 11 is 0. The maximum absolute atomic E-state index is 13.4. The number of carbonyl (C=O) groups is 2. The summed E-state index contributed by atoms with van der Waals surface area (Å²) in [5.74, 6) is -0.803. The second kappa shape index (κ2) is 8.50. The number of fused-ring (bicyclic) bond motifs is 1. The molecule has 0 radical (unpaired) electrons. The number of para-hydroxylation sites is 1. The van der Waals surface area contributed by atoms with Gasteiger partial charge in [-0.05, 0) is 36.2 Å². The number of hydrogen-bond donors (Lipinski definition) is 1. The zero-order valence-corrected chi connectivity index (χ0v) is 17.1. The highest BCUT2D eigenvalue weighted by atomic mass is 19.3. The molecule has 7 nitrogen and oxygen atoms in total. The molecule has 0 atom stereocenters. The van der Waals surface area contributed by atoms with Crippen LogP contribution in [0.15, 0.2) is 42.5 Å². The van der Waals surface area contributed by atoms with Gasteiger partial charge in [0.2, 0.25) is 5.91 Å². The van der Waals surface area contributed by atoms with Gasteiger partial charge in [-0.1, -0.05) is 18.2 Å². The largest absolute Gasteiger partial charge is 0.586 e. The Bertz CT molecular complexity index is 981. The molecule has 2 aromatic carbocycles. The lowest BCUT2D eigenvalue weighted by Crippen LogP contribution is -2.35. The number of nitrogens with zero attached hydrogens (tertiary/aromatic N) is 2. The molecule has 0 aromatic heterocycles. The Morgan fingerprint density at radius 3 is 2.55 bits per heavy atom. The first-order valence-electron chi connectivity index (χ1n) is 10.1. The highest BCUT2D eigenvalue weighted by molar-refractivity contribution is 5.98. The monoisotopic (exact) mass is 431 g/mol. The fourth-order valence-corrected chi connectivity index (χ4v) is 3.79. The SMILES string of the molecule is CC(=O)Nc1ccc(CN2CCCN(C(=O)c3cccc4c3OC(F)(F)O4)CC2)cc1. The minimum atomic E-state index is -3.76. The molecule has 1 N–H and O–H groups in total. The average Bonchev–Trinajstić information content (AvgIpc) is 2.87. The Balaban J connectivity index is 1.38. The summed E-state index contributed by atoms with van der Waals surface area (Å²) in [5.41, 5.74) is 1.93. The summed E-state index contributed by atoms with van der Waals surface area (Å²) in [5, 5.41) is 2.74. The molecule has 0 saturated carbocycles. The fraction of sp³-hybridized carbons (Fsp3) is 0.364. The summed E-state index contributed by atoms with van der Waals surface area (Å²) in [7, 11) is 0. The van der Waals surface area contributed by atoms with Crippen LogP contribution in [-0.2, 0) is 11.3 Å². The van der Waals surface area contributed by atoms with Gasteiger partial charge in [0.05, 0.1) is 5.56 Å². The molecule has 4 rings (SSSR count). The zero-order valence-electron chi connectivity index (χ0n) is 17.1. The molecule has 0 aliphatic carbocycles. The van der Waals surface area contributed by atoms with E-state index in [0.29, 0.717) is 26.2 Å². The molecule has 2 amide bonds. The second-order valence-electron chi connectivity index (χ2n) is 7.60. The topological polar surface area (TPSA) is 71.1 Å². The predicted molar refractivity (Wildman–Crippen MR) is 109 cm³/mol. The van der Waals surface area contributed by atoms with E-state index in [2.05, 4.69) is 19.7 Å². The molecular formula is C22H23F2N3O4. The standard InChI is InChI=1S/C22H23F2N3O4/c1-15(28)25-17-8-6-16(7-9-17)14-26-10-3-11-27(13-12-26)21(29)18-4-2-5-19-20(18)31-22(23,24)30-19/h2,4-9H,3,10-14H2,1H3,(H,25,28). The number of nitrogens with one attached hydrogen (secondary N) is 1. The third kappa shape index (κ3) is 4.93. The van der Waals surface area contributed by atoms with Crippen molar-refractivity contribution in [3.05, 3.63) is 53.6 Å². The predicted octanol–water partition coefficient (Wildman–Crippen LogP) is 3.31. The van der Waals surface area contributed by atoms with E-state index in [1.165, 1.54) is 25.1 Å². The number of ether oxygens (including phenoxy) is 2. The maximum Gasteiger partial charge on any atom is 0.586 e. The van der Waals surface area contributed by atoms with Crippen molar-refractivity contribution in [2.75, 3.05) is 31.5 Å². The molecule has 2 aliphatic rings. The Morgan fingerprint density at radius 1 is 1.03 bits per heavy atom. The van der Waals surface area contributed by atoms with Crippen LogP contribution in [0, 0.1) is 0 Å². The number of halogens is 2.